The van der Waals surface area contributed by atoms with E-state index < -0.39 is 26.8 Å². The summed E-state index contributed by atoms with van der Waals surface area (Å²) in [6.45, 7) is 5.12. The van der Waals surface area contributed by atoms with Gasteiger partial charge in [-0.1, -0.05) is 19.9 Å². The molecule has 0 saturated carbocycles. The lowest BCUT2D eigenvalue weighted by Gasteiger charge is -2.16. The van der Waals surface area contributed by atoms with E-state index in [1.807, 2.05) is 18.6 Å². The first-order valence-corrected chi connectivity index (χ1v) is 13.1. The maximum atomic E-state index is 14.3. The maximum Gasteiger partial charge on any atom is 0.281 e. The summed E-state index contributed by atoms with van der Waals surface area (Å²) in [7, 11) is -4.33. The summed E-state index contributed by atoms with van der Waals surface area (Å²) in [5.41, 5.74) is 6.15. The molecule has 3 N–H and O–H groups in total. The molecule has 2 aromatic heterocycles. The number of aromatic nitrogens is 2. The third kappa shape index (κ3) is 6.71. The van der Waals surface area contributed by atoms with Crippen LogP contribution in [0.25, 0.3) is 11.3 Å². The fourth-order valence-electron chi connectivity index (χ4n) is 3.49. The van der Waals surface area contributed by atoms with Gasteiger partial charge in [-0.15, -0.1) is 0 Å². The van der Waals surface area contributed by atoms with Gasteiger partial charge in [-0.2, -0.15) is 8.42 Å². The molecule has 37 heavy (non-hydrogen) atoms. The van der Waals surface area contributed by atoms with Crippen molar-refractivity contribution in [1.29, 1.82) is 0 Å². The van der Waals surface area contributed by atoms with Gasteiger partial charge < -0.3 is 19.9 Å². The number of carbonyl (C=O) groups excluding carboxylic acids is 1. The predicted molar refractivity (Wildman–Crippen MR) is 133 cm³/mol. The lowest BCUT2D eigenvalue weighted by molar-refractivity contribution is 0.0968. The van der Waals surface area contributed by atoms with Crippen LogP contribution in [0.5, 0.6) is 11.6 Å². The highest BCUT2D eigenvalue weighted by Gasteiger charge is 2.26. The molecule has 0 bridgehead atoms. The van der Waals surface area contributed by atoms with Gasteiger partial charge in [-0.3, -0.25) is 4.79 Å². The van der Waals surface area contributed by atoms with Crippen LogP contribution in [-0.2, 0) is 14.8 Å². The van der Waals surface area contributed by atoms with E-state index in [2.05, 4.69) is 9.97 Å². The molecule has 0 spiro atoms. The SMILES string of the molecule is CC(C)COc1cc(F)cc(-c2ccc(C(=O)NS(=O)(=O)c3cccc(N)n3)c(O[C@H]3CCOC3)n2)c1. The second-order valence-electron chi connectivity index (χ2n) is 8.87. The number of ether oxygens (including phenoxy) is 3. The summed E-state index contributed by atoms with van der Waals surface area (Å²) in [4.78, 5) is 21.2. The fourth-order valence-corrected chi connectivity index (χ4v) is 4.44. The first-order valence-electron chi connectivity index (χ1n) is 11.6. The molecule has 0 radical (unpaired) electrons. The molecule has 0 aliphatic carbocycles. The zero-order valence-electron chi connectivity index (χ0n) is 20.3. The number of benzene rings is 1. The first kappa shape index (κ1) is 26.3. The normalized spacial score (nSPS) is 15.5. The van der Waals surface area contributed by atoms with Gasteiger partial charge in [0.15, 0.2) is 5.03 Å². The van der Waals surface area contributed by atoms with Crippen LogP contribution < -0.4 is 19.9 Å². The van der Waals surface area contributed by atoms with Gasteiger partial charge in [0.25, 0.3) is 15.9 Å². The number of halogens is 1. The van der Waals surface area contributed by atoms with Crippen LogP contribution in [0.4, 0.5) is 10.2 Å². The fraction of sp³-hybridized carbons (Fsp3) is 0.320. The molecule has 1 saturated heterocycles. The van der Waals surface area contributed by atoms with E-state index >= 15 is 0 Å². The highest BCUT2D eigenvalue weighted by atomic mass is 32.2. The monoisotopic (exact) mass is 530 g/mol. The highest BCUT2D eigenvalue weighted by Crippen LogP contribution is 2.29. The van der Waals surface area contributed by atoms with E-state index in [-0.39, 0.29) is 35.9 Å². The van der Waals surface area contributed by atoms with Crippen LogP contribution in [0, 0.1) is 11.7 Å². The van der Waals surface area contributed by atoms with Crippen molar-refractivity contribution >= 4 is 21.7 Å². The van der Waals surface area contributed by atoms with Crippen molar-refractivity contribution in [3.63, 3.8) is 0 Å². The average molecular weight is 531 g/mol. The number of rotatable bonds is 9. The Balaban J connectivity index is 1.67. The topological polar surface area (TPSA) is 143 Å². The van der Waals surface area contributed by atoms with Crippen LogP contribution in [0.1, 0.15) is 30.6 Å². The first-order chi connectivity index (χ1) is 17.6. The van der Waals surface area contributed by atoms with Gasteiger partial charge in [0.1, 0.15) is 29.1 Å². The Bertz CT molecular complexity index is 1390. The summed E-state index contributed by atoms with van der Waals surface area (Å²) in [5, 5.41) is -0.411. The largest absolute Gasteiger partial charge is 0.493 e. The molecule has 12 heteroatoms. The van der Waals surface area contributed by atoms with Gasteiger partial charge in [0.05, 0.1) is 25.5 Å². The van der Waals surface area contributed by atoms with Crippen molar-refractivity contribution in [1.82, 2.24) is 14.7 Å². The molecular weight excluding hydrogens is 503 g/mol. The van der Waals surface area contributed by atoms with Crippen molar-refractivity contribution in [3.8, 4) is 22.9 Å². The van der Waals surface area contributed by atoms with E-state index in [0.717, 1.165) is 0 Å². The Kier molecular flexibility index (Phi) is 7.89. The molecule has 1 atom stereocenters. The average Bonchev–Trinajstić information content (AvgIpc) is 3.35. The summed E-state index contributed by atoms with van der Waals surface area (Å²) in [5.74, 6) is -1.05. The lowest BCUT2D eigenvalue weighted by Crippen LogP contribution is -2.32. The minimum atomic E-state index is -4.33. The van der Waals surface area contributed by atoms with Crippen molar-refractivity contribution in [2.24, 2.45) is 5.92 Å². The standard InChI is InChI=1S/C25H27FN4O6S/c1-15(2)13-35-19-11-16(10-17(26)12-19)21-7-6-20(25(28-21)36-18-8-9-34-14-18)24(31)30-37(32,33)23-5-3-4-22(27)29-23/h3-7,10-12,15,18H,8-9,13-14H2,1-2H3,(H2,27,29)(H,30,31)/t18-/m0/s1. The highest BCUT2D eigenvalue weighted by molar-refractivity contribution is 7.90. The minimum absolute atomic E-state index is 0.0153. The molecule has 1 aliphatic heterocycles. The number of nitrogen functional groups attached to an aromatic ring is 1. The second kappa shape index (κ2) is 11.1. The summed E-state index contributed by atoms with van der Waals surface area (Å²) >= 11 is 0. The molecule has 3 aromatic rings. The van der Waals surface area contributed by atoms with E-state index in [0.29, 0.717) is 36.6 Å². The van der Waals surface area contributed by atoms with Crippen molar-refractivity contribution in [2.45, 2.75) is 31.4 Å². The minimum Gasteiger partial charge on any atom is -0.493 e. The number of nitrogens with two attached hydrogens (primary N) is 1. The maximum absolute atomic E-state index is 14.3. The van der Waals surface area contributed by atoms with Crippen LogP contribution in [0.2, 0.25) is 0 Å². The Morgan fingerprint density at radius 3 is 2.73 bits per heavy atom. The van der Waals surface area contributed by atoms with E-state index in [1.165, 1.54) is 42.5 Å². The molecule has 10 nitrogen and oxygen atoms in total. The lowest BCUT2D eigenvalue weighted by atomic mass is 10.1. The number of nitrogens with zero attached hydrogens (tertiary/aromatic N) is 2. The van der Waals surface area contributed by atoms with Gasteiger partial charge in [0.2, 0.25) is 5.88 Å². The van der Waals surface area contributed by atoms with Gasteiger partial charge >= 0.3 is 0 Å². The van der Waals surface area contributed by atoms with Gasteiger partial charge in [-0.25, -0.2) is 19.1 Å². The summed E-state index contributed by atoms with van der Waals surface area (Å²) in [6.07, 6.45) is 0.171. The van der Waals surface area contributed by atoms with Gasteiger partial charge in [0, 0.05) is 18.1 Å². The number of hydrogen-bond acceptors (Lipinski definition) is 9. The number of carbonyl (C=O) groups is 1. The van der Waals surface area contributed by atoms with Crippen LogP contribution >= 0.6 is 0 Å². The van der Waals surface area contributed by atoms with Crippen molar-refractivity contribution in [2.75, 3.05) is 25.6 Å². The smallest absolute Gasteiger partial charge is 0.281 e. The molecule has 1 aliphatic rings. The Morgan fingerprint density at radius 2 is 2.03 bits per heavy atom. The van der Waals surface area contributed by atoms with E-state index in [9.17, 15) is 17.6 Å². The molecule has 3 heterocycles. The number of hydrogen-bond donors (Lipinski definition) is 2. The Hall–Kier alpha value is -3.77. The molecular formula is C25H27FN4O6S. The van der Waals surface area contributed by atoms with Crippen molar-refractivity contribution < 1.29 is 31.8 Å². The summed E-state index contributed by atoms with van der Waals surface area (Å²) in [6, 6.07) is 11.1. The number of pyridine rings is 2. The molecule has 0 unspecified atom stereocenters. The van der Waals surface area contributed by atoms with Crippen molar-refractivity contribution in [3.05, 3.63) is 59.9 Å². The molecule has 1 fully saturated rings. The van der Waals surface area contributed by atoms with Crippen LogP contribution in [0.15, 0.2) is 53.6 Å². The third-order valence-electron chi connectivity index (χ3n) is 5.27. The van der Waals surface area contributed by atoms with Crippen LogP contribution in [-0.4, -0.2) is 50.2 Å². The molecule has 4 rings (SSSR count). The zero-order chi connectivity index (χ0) is 26.6. The van der Waals surface area contributed by atoms with E-state index in [4.69, 9.17) is 19.9 Å². The van der Waals surface area contributed by atoms with E-state index in [1.54, 1.807) is 6.07 Å². The second-order valence-corrected chi connectivity index (χ2v) is 10.5. The third-order valence-corrected chi connectivity index (χ3v) is 6.50. The number of sulfonamides is 1. The Labute approximate surface area is 214 Å². The molecule has 196 valence electrons. The molecule has 1 amide bonds. The quantitative estimate of drug-likeness (QED) is 0.426. The Morgan fingerprint density at radius 1 is 1.22 bits per heavy atom. The number of nitrogens with one attached hydrogen (secondary N) is 1. The predicted octanol–water partition coefficient (Wildman–Crippen LogP) is 3.19. The number of anilines is 1. The zero-order valence-corrected chi connectivity index (χ0v) is 21.1. The van der Waals surface area contributed by atoms with Crippen LogP contribution in [0.3, 0.4) is 0 Å². The molecule has 1 aromatic carbocycles. The number of amides is 1. The summed E-state index contributed by atoms with van der Waals surface area (Å²) < 4.78 is 58.6. The van der Waals surface area contributed by atoms with Gasteiger partial charge in [-0.05, 0) is 42.3 Å².